The first-order chi connectivity index (χ1) is 10.1. The summed E-state index contributed by atoms with van der Waals surface area (Å²) in [6.07, 6.45) is 0. The highest BCUT2D eigenvalue weighted by Gasteiger charge is 2.20. The van der Waals surface area contributed by atoms with Crippen molar-refractivity contribution in [1.29, 1.82) is 0 Å². The molecule has 0 fully saturated rings. The van der Waals surface area contributed by atoms with Crippen molar-refractivity contribution < 1.29 is 9.53 Å². The van der Waals surface area contributed by atoms with Crippen LogP contribution in [0.25, 0.3) is 10.9 Å². The van der Waals surface area contributed by atoms with E-state index >= 15 is 0 Å². The van der Waals surface area contributed by atoms with Gasteiger partial charge in [-0.1, -0.05) is 18.2 Å². The van der Waals surface area contributed by atoms with Gasteiger partial charge in [0.2, 0.25) is 0 Å². The van der Waals surface area contributed by atoms with Gasteiger partial charge in [0.15, 0.2) is 5.78 Å². The third-order valence-corrected chi connectivity index (χ3v) is 3.59. The van der Waals surface area contributed by atoms with Gasteiger partial charge in [0.25, 0.3) is 0 Å². The normalized spacial score (nSPS) is 10.8. The highest BCUT2D eigenvalue weighted by Crippen LogP contribution is 2.29. The summed E-state index contributed by atoms with van der Waals surface area (Å²) in [6.45, 7) is 1.89. The van der Waals surface area contributed by atoms with E-state index in [9.17, 15) is 4.79 Å². The average Bonchev–Trinajstić information content (AvgIpc) is 2.82. The molecular formula is C17H16N2O2. The number of hydrogen-bond acceptors (Lipinski definition) is 3. The monoisotopic (exact) mass is 280 g/mol. The second-order valence-electron chi connectivity index (χ2n) is 4.96. The number of aryl methyl sites for hydroxylation is 1. The van der Waals surface area contributed by atoms with E-state index in [1.807, 2.05) is 31.2 Å². The second-order valence-corrected chi connectivity index (χ2v) is 4.96. The van der Waals surface area contributed by atoms with Crippen LogP contribution >= 0.6 is 0 Å². The number of fused-ring (bicyclic) bond motifs is 1. The molecule has 1 aromatic heterocycles. The van der Waals surface area contributed by atoms with E-state index in [-0.39, 0.29) is 5.78 Å². The smallest absolute Gasteiger partial charge is 0.199 e. The molecule has 4 heteroatoms. The number of carbonyl (C=O) groups is 1. The SMILES string of the molecule is COc1ccc(N)cc1C(=O)c1c(C)[nH]c2ccccc12. The lowest BCUT2D eigenvalue weighted by Gasteiger charge is -2.09. The summed E-state index contributed by atoms with van der Waals surface area (Å²) in [4.78, 5) is 16.2. The molecule has 0 saturated carbocycles. The molecule has 0 bridgehead atoms. The van der Waals surface area contributed by atoms with Gasteiger partial charge < -0.3 is 15.5 Å². The number of ether oxygens (including phenoxy) is 1. The van der Waals surface area contributed by atoms with Crippen LogP contribution in [0.1, 0.15) is 21.6 Å². The predicted octanol–water partition coefficient (Wildman–Crippen LogP) is 3.30. The zero-order valence-corrected chi connectivity index (χ0v) is 11.9. The van der Waals surface area contributed by atoms with E-state index in [1.165, 1.54) is 0 Å². The maximum atomic E-state index is 12.9. The molecule has 2 aromatic carbocycles. The first-order valence-corrected chi connectivity index (χ1v) is 6.67. The first kappa shape index (κ1) is 13.2. The molecule has 0 saturated heterocycles. The van der Waals surface area contributed by atoms with Crippen LogP contribution in [-0.2, 0) is 0 Å². The number of ketones is 1. The molecule has 3 rings (SSSR count). The summed E-state index contributed by atoms with van der Waals surface area (Å²) in [7, 11) is 1.55. The largest absolute Gasteiger partial charge is 0.496 e. The van der Waals surface area contributed by atoms with Crippen LogP contribution in [0, 0.1) is 6.92 Å². The number of anilines is 1. The molecule has 106 valence electrons. The Morgan fingerprint density at radius 2 is 1.95 bits per heavy atom. The minimum absolute atomic E-state index is 0.0888. The fraction of sp³-hybridized carbons (Fsp3) is 0.118. The van der Waals surface area contributed by atoms with Gasteiger partial charge in [0.05, 0.1) is 18.2 Å². The molecule has 0 aliphatic rings. The van der Waals surface area contributed by atoms with Gasteiger partial charge in [-0.25, -0.2) is 0 Å². The van der Waals surface area contributed by atoms with E-state index in [4.69, 9.17) is 10.5 Å². The summed E-state index contributed by atoms with van der Waals surface area (Å²) in [5.74, 6) is 0.438. The molecule has 0 unspecified atom stereocenters. The van der Waals surface area contributed by atoms with Crippen LogP contribution in [0.3, 0.4) is 0 Å². The third kappa shape index (κ3) is 2.14. The number of nitrogens with two attached hydrogens (primary N) is 1. The van der Waals surface area contributed by atoms with Crippen molar-refractivity contribution >= 4 is 22.4 Å². The van der Waals surface area contributed by atoms with Crippen LogP contribution in [-0.4, -0.2) is 17.9 Å². The van der Waals surface area contributed by atoms with Crippen molar-refractivity contribution in [2.75, 3.05) is 12.8 Å². The van der Waals surface area contributed by atoms with Crippen molar-refractivity contribution in [3.63, 3.8) is 0 Å². The Morgan fingerprint density at radius 1 is 1.19 bits per heavy atom. The first-order valence-electron chi connectivity index (χ1n) is 6.67. The van der Waals surface area contributed by atoms with E-state index in [2.05, 4.69) is 4.98 Å². The van der Waals surface area contributed by atoms with E-state index in [1.54, 1.807) is 25.3 Å². The molecular weight excluding hydrogens is 264 g/mol. The maximum Gasteiger partial charge on any atom is 0.199 e. The topological polar surface area (TPSA) is 68.1 Å². The lowest BCUT2D eigenvalue weighted by molar-refractivity contribution is 0.103. The number of para-hydroxylation sites is 1. The second kappa shape index (κ2) is 4.98. The van der Waals surface area contributed by atoms with Crippen LogP contribution in [0.5, 0.6) is 5.75 Å². The number of H-pyrrole nitrogens is 1. The molecule has 0 aliphatic heterocycles. The number of nitrogen functional groups attached to an aromatic ring is 1. The minimum Gasteiger partial charge on any atom is -0.496 e. The number of aromatic nitrogens is 1. The summed E-state index contributed by atoms with van der Waals surface area (Å²) in [6, 6.07) is 12.8. The fourth-order valence-corrected chi connectivity index (χ4v) is 2.61. The molecule has 0 amide bonds. The Bertz CT molecular complexity index is 834. The van der Waals surface area contributed by atoms with E-state index in [0.717, 1.165) is 16.6 Å². The molecule has 0 radical (unpaired) electrons. The van der Waals surface area contributed by atoms with Crippen molar-refractivity contribution in [3.8, 4) is 5.75 Å². The van der Waals surface area contributed by atoms with Crippen molar-refractivity contribution in [3.05, 3.63) is 59.3 Å². The molecule has 0 aliphatic carbocycles. The summed E-state index contributed by atoms with van der Waals surface area (Å²) >= 11 is 0. The Kier molecular flexibility index (Phi) is 3.14. The molecule has 4 nitrogen and oxygen atoms in total. The summed E-state index contributed by atoms with van der Waals surface area (Å²) in [5.41, 5.74) is 9.27. The van der Waals surface area contributed by atoms with Crippen molar-refractivity contribution in [2.24, 2.45) is 0 Å². The minimum atomic E-state index is -0.0888. The standard InChI is InChI=1S/C17H16N2O2/c1-10-16(12-5-3-4-6-14(12)19-10)17(20)13-9-11(18)7-8-15(13)21-2/h3-9,19H,18H2,1-2H3. The van der Waals surface area contributed by atoms with E-state index in [0.29, 0.717) is 22.6 Å². The molecule has 0 spiro atoms. The zero-order valence-electron chi connectivity index (χ0n) is 11.9. The molecule has 3 aromatic rings. The quantitative estimate of drug-likeness (QED) is 0.571. The van der Waals surface area contributed by atoms with Gasteiger partial charge in [-0.15, -0.1) is 0 Å². The van der Waals surface area contributed by atoms with Gasteiger partial charge in [0.1, 0.15) is 5.75 Å². The number of aromatic amines is 1. The van der Waals surface area contributed by atoms with Crippen LogP contribution in [0.15, 0.2) is 42.5 Å². The van der Waals surface area contributed by atoms with Crippen LogP contribution < -0.4 is 10.5 Å². The maximum absolute atomic E-state index is 12.9. The number of hydrogen-bond donors (Lipinski definition) is 2. The third-order valence-electron chi connectivity index (χ3n) is 3.59. The number of carbonyl (C=O) groups excluding carboxylic acids is 1. The highest BCUT2D eigenvalue weighted by molar-refractivity contribution is 6.18. The molecule has 21 heavy (non-hydrogen) atoms. The summed E-state index contributed by atoms with van der Waals surface area (Å²) in [5, 5.41) is 0.907. The van der Waals surface area contributed by atoms with E-state index < -0.39 is 0 Å². The number of methoxy groups -OCH3 is 1. The van der Waals surface area contributed by atoms with Gasteiger partial charge in [-0.05, 0) is 31.2 Å². The molecule has 0 atom stereocenters. The highest BCUT2D eigenvalue weighted by atomic mass is 16.5. The molecule has 1 heterocycles. The Hall–Kier alpha value is -2.75. The average molecular weight is 280 g/mol. The van der Waals surface area contributed by atoms with Crippen LogP contribution in [0.2, 0.25) is 0 Å². The van der Waals surface area contributed by atoms with Gasteiger partial charge in [-0.3, -0.25) is 4.79 Å². The number of benzene rings is 2. The number of rotatable bonds is 3. The Labute approximate surface area is 122 Å². The van der Waals surface area contributed by atoms with Crippen molar-refractivity contribution in [1.82, 2.24) is 4.98 Å². The number of nitrogens with one attached hydrogen (secondary N) is 1. The lowest BCUT2D eigenvalue weighted by Crippen LogP contribution is -2.06. The summed E-state index contributed by atoms with van der Waals surface area (Å²) < 4.78 is 5.28. The van der Waals surface area contributed by atoms with Crippen molar-refractivity contribution in [2.45, 2.75) is 6.92 Å². The van der Waals surface area contributed by atoms with Gasteiger partial charge in [-0.2, -0.15) is 0 Å². The fourth-order valence-electron chi connectivity index (χ4n) is 2.61. The lowest BCUT2D eigenvalue weighted by atomic mass is 9.99. The van der Waals surface area contributed by atoms with Gasteiger partial charge in [0, 0.05) is 22.3 Å². The Morgan fingerprint density at radius 3 is 2.71 bits per heavy atom. The van der Waals surface area contributed by atoms with Crippen LogP contribution in [0.4, 0.5) is 5.69 Å². The Balaban J connectivity index is 2.22. The molecule has 3 N–H and O–H groups in total. The zero-order chi connectivity index (χ0) is 15.0. The predicted molar refractivity (Wildman–Crippen MR) is 83.9 cm³/mol. The van der Waals surface area contributed by atoms with Gasteiger partial charge >= 0.3 is 0 Å².